The number of carbonyl (C=O) groups is 1. The van der Waals surface area contributed by atoms with E-state index in [-0.39, 0.29) is 11.0 Å². The maximum absolute atomic E-state index is 11.3. The molecule has 0 bridgehead atoms. The highest BCUT2D eigenvalue weighted by molar-refractivity contribution is 5.90. The number of aliphatic hydroxyl groups is 1. The van der Waals surface area contributed by atoms with E-state index in [1.165, 1.54) is 17.2 Å². The minimum atomic E-state index is -1.02. The van der Waals surface area contributed by atoms with E-state index < -0.39 is 12.1 Å². The molecule has 0 saturated heterocycles. The summed E-state index contributed by atoms with van der Waals surface area (Å²) in [6, 6.07) is 12.6. The van der Waals surface area contributed by atoms with E-state index in [0.717, 1.165) is 24.8 Å². The fraction of sp³-hybridized carbons (Fsp3) is 0.318. The highest BCUT2D eigenvalue weighted by Crippen LogP contribution is 2.39. The molecule has 2 aromatic rings. The molecule has 2 N–H and O–H groups in total. The van der Waals surface area contributed by atoms with Crippen LogP contribution in [0.15, 0.2) is 42.5 Å². The molecule has 0 saturated carbocycles. The molecule has 1 aliphatic carbocycles. The summed E-state index contributed by atoms with van der Waals surface area (Å²) >= 11 is 0. The van der Waals surface area contributed by atoms with Crippen LogP contribution in [0.3, 0.4) is 0 Å². The average molecular weight is 334 g/mol. The predicted octanol–water partition coefficient (Wildman–Crippen LogP) is 4.08. The van der Waals surface area contributed by atoms with Crippen LogP contribution in [0, 0.1) is 11.8 Å². The molecular formula is C22H22O3. The molecule has 0 aromatic heterocycles. The number of fused-ring (bicyclic) bond motifs is 1. The monoisotopic (exact) mass is 334 g/mol. The predicted molar refractivity (Wildman–Crippen MR) is 97.6 cm³/mol. The van der Waals surface area contributed by atoms with Gasteiger partial charge in [0.1, 0.15) is 6.10 Å². The van der Waals surface area contributed by atoms with Crippen LogP contribution in [0.1, 0.15) is 65.4 Å². The van der Waals surface area contributed by atoms with Gasteiger partial charge in [-0.2, -0.15) is 0 Å². The molecule has 25 heavy (non-hydrogen) atoms. The van der Waals surface area contributed by atoms with Crippen LogP contribution in [0.5, 0.6) is 0 Å². The quantitative estimate of drug-likeness (QED) is 0.814. The van der Waals surface area contributed by atoms with Crippen LogP contribution in [-0.2, 0) is 11.8 Å². The number of benzene rings is 2. The Morgan fingerprint density at radius 1 is 1.16 bits per heavy atom. The molecule has 3 rings (SSSR count). The third kappa shape index (κ3) is 3.45. The number of hydrogen-bond donors (Lipinski definition) is 2. The number of aromatic carboxylic acids is 1. The van der Waals surface area contributed by atoms with Crippen LogP contribution >= 0.6 is 0 Å². The fourth-order valence-electron chi connectivity index (χ4n) is 3.62. The first-order valence-corrected chi connectivity index (χ1v) is 8.54. The van der Waals surface area contributed by atoms with Gasteiger partial charge in [-0.3, -0.25) is 0 Å². The van der Waals surface area contributed by atoms with Gasteiger partial charge in [-0.05, 0) is 53.5 Å². The maximum atomic E-state index is 11.3. The Bertz CT molecular complexity index is 868. The number of hydrogen-bond acceptors (Lipinski definition) is 2. The minimum absolute atomic E-state index is 0.104. The van der Waals surface area contributed by atoms with E-state index in [2.05, 4.69) is 31.8 Å². The summed E-state index contributed by atoms with van der Waals surface area (Å²) in [4.78, 5) is 11.3. The van der Waals surface area contributed by atoms with Gasteiger partial charge in [-0.1, -0.05) is 56.0 Å². The van der Waals surface area contributed by atoms with Crippen LogP contribution < -0.4 is 0 Å². The third-order valence-corrected chi connectivity index (χ3v) is 4.97. The van der Waals surface area contributed by atoms with E-state index >= 15 is 0 Å². The Morgan fingerprint density at radius 2 is 1.92 bits per heavy atom. The number of rotatable bonds is 2. The van der Waals surface area contributed by atoms with Gasteiger partial charge in [0.15, 0.2) is 0 Å². The van der Waals surface area contributed by atoms with Gasteiger partial charge in [-0.15, -0.1) is 0 Å². The lowest BCUT2D eigenvalue weighted by Gasteiger charge is -2.34. The van der Waals surface area contributed by atoms with Gasteiger partial charge < -0.3 is 10.2 Å². The normalized spacial score (nSPS) is 16.3. The second-order valence-corrected chi connectivity index (χ2v) is 7.13. The van der Waals surface area contributed by atoms with Gasteiger partial charge in [0.25, 0.3) is 0 Å². The van der Waals surface area contributed by atoms with E-state index in [9.17, 15) is 15.0 Å². The maximum Gasteiger partial charge on any atom is 0.336 e. The number of carboxylic acid groups (broad SMARTS) is 1. The molecule has 1 atom stereocenters. The van der Waals surface area contributed by atoms with Gasteiger partial charge >= 0.3 is 5.97 Å². The first kappa shape index (κ1) is 17.3. The van der Waals surface area contributed by atoms with Crippen molar-refractivity contribution in [1.82, 2.24) is 0 Å². The van der Waals surface area contributed by atoms with Crippen molar-refractivity contribution in [3.05, 3.63) is 70.3 Å². The zero-order valence-corrected chi connectivity index (χ0v) is 14.5. The van der Waals surface area contributed by atoms with E-state index in [4.69, 9.17) is 0 Å². The molecule has 2 aromatic carbocycles. The lowest BCUT2D eigenvalue weighted by molar-refractivity contribution is 0.0696. The lowest BCUT2D eigenvalue weighted by atomic mass is 9.71. The van der Waals surface area contributed by atoms with Crippen LogP contribution in [0.2, 0.25) is 0 Å². The zero-order valence-electron chi connectivity index (χ0n) is 14.5. The summed E-state index contributed by atoms with van der Waals surface area (Å²) in [6.45, 7) is 4.46. The smallest absolute Gasteiger partial charge is 0.336 e. The Hall–Kier alpha value is -2.57. The molecule has 1 unspecified atom stereocenters. The minimum Gasteiger partial charge on any atom is -0.478 e. The Balaban J connectivity index is 1.97. The Labute approximate surface area is 148 Å². The SMILES string of the molecule is CC1(C)CCCc2c(C(O)C#Cc3ccccc3C(=O)O)cccc21. The first-order valence-electron chi connectivity index (χ1n) is 8.54. The molecule has 128 valence electrons. The topological polar surface area (TPSA) is 57.5 Å². The molecule has 0 heterocycles. The van der Waals surface area contributed by atoms with Gasteiger partial charge in [0.05, 0.1) is 5.56 Å². The zero-order chi connectivity index (χ0) is 18.0. The standard InChI is InChI=1S/C22H22O3/c1-22(2)14-6-10-17-18(9-5-11-19(17)22)20(23)13-12-15-7-3-4-8-16(15)21(24)25/h3-5,7-9,11,20,23H,6,10,14H2,1-2H3,(H,24,25). The summed E-state index contributed by atoms with van der Waals surface area (Å²) in [5.74, 6) is 4.65. The van der Waals surface area contributed by atoms with Gasteiger partial charge in [0.2, 0.25) is 0 Å². The molecule has 0 aliphatic heterocycles. The van der Waals surface area contributed by atoms with Crippen molar-refractivity contribution in [2.24, 2.45) is 0 Å². The summed E-state index contributed by atoms with van der Waals surface area (Å²) < 4.78 is 0. The average Bonchev–Trinajstić information content (AvgIpc) is 2.59. The third-order valence-electron chi connectivity index (χ3n) is 4.97. The van der Waals surface area contributed by atoms with Crippen molar-refractivity contribution in [1.29, 1.82) is 0 Å². The molecule has 3 heteroatoms. The molecule has 0 fully saturated rings. The van der Waals surface area contributed by atoms with Crippen molar-refractivity contribution >= 4 is 5.97 Å². The molecule has 3 nitrogen and oxygen atoms in total. The second-order valence-electron chi connectivity index (χ2n) is 7.13. The molecule has 0 spiro atoms. The molecular weight excluding hydrogens is 312 g/mol. The highest BCUT2D eigenvalue weighted by Gasteiger charge is 2.29. The largest absolute Gasteiger partial charge is 0.478 e. The molecule has 0 radical (unpaired) electrons. The van der Waals surface area contributed by atoms with E-state index in [0.29, 0.717) is 5.56 Å². The van der Waals surface area contributed by atoms with Crippen molar-refractivity contribution in [2.45, 2.75) is 44.6 Å². The van der Waals surface area contributed by atoms with Crippen molar-refractivity contribution in [3.8, 4) is 11.8 Å². The van der Waals surface area contributed by atoms with E-state index in [1.807, 2.05) is 12.1 Å². The van der Waals surface area contributed by atoms with Crippen LogP contribution in [0.25, 0.3) is 0 Å². The van der Waals surface area contributed by atoms with Crippen molar-refractivity contribution in [2.75, 3.05) is 0 Å². The summed E-state index contributed by atoms with van der Waals surface area (Å²) in [5.41, 5.74) is 3.98. The second kappa shape index (κ2) is 6.74. The van der Waals surface area contributed by atoms with Crippen LogP contribution in [-0.4, -0.2) is 16.2 Å². The number of aliphatic hydroxyl groups excluding tert-OH is 1. The number of carboxylic acids is 1. The Morgan fingerprint density at radius 3 is 2.68 bits per heavy atom. The summed E-state index contributed by atoms with van der Waals surface area (Å²) in [6.07, 6.45) is 2.25. The highest BCUT2D eigenvalue weighted by atomic mass is 16.4. The van der Waals surface area contributed by atoms with Crippen molar-refractivity contribution < 1.29 is 15.0 Å². The lowest BCUT2D eigenvalue weighted by Crippen LogP contribution is -2.25. The van der Waals surface area contributed by atoms with E-state index in [1.54, 1.807) is 18.2 Å². The molecule has 1 aliphatic rings. The summed E-state index contributed by atoms with van der Waals surface area (Å²) in [7, 11) is 0. The first-order chi connectivity index (χ1) is 11.9. The van der Waals surface area contributed by atoms with Gasteiger partial charge in [0, 0.05) is 5.56 Å². The van der Waals surface area contributed by atoms with Gasteiger partial charge in [-0.25, -0.2) is 4.79 Å². The fourth-order valence-corrected chi connectivity index (χ4v) is 3.62. The Kier molecular flexibility index (Phi) is 4.65. The van der Waals surface area contributed by atoms with Crippen molar-refractivity contribution in [3.63, 3.8) is 0 Å². The van der Waals surface area contributed by atoms with Crippen LogP contribution in [0.4, 0.5) is 0 Å². The molecule has 0 amide bonds. The summed E-state index contributed by atoms with van der Waals surface area (Å²) in [5, 5.41) is 19.8.